The van der Waals surface area contributed by atoms with E-state index in [2.05, 4.69) is 16.7 Å². The second-order valence-corrected chi connectivity index (χ2v) is 9.21. The van der Waals surface area contributed by atoms with Gasteiger partial charge in [-0.05, 0) is 69.6 Å². The summed E-state index contributed by atoms with van der Waals surface area (Å²) >= 11 is 0. The molecule has 35 heavy (non-hydrogen) atoms. The van der Waals surface area contributed by atoms with Gasteiger partial charge in [0.25, 0.3) is 5.91 Å². The van der Waals surface area contributed by atoms with Crippen LogP contribution in [0.1, 0.15) is 48.7 Å². The lowest BCUT2D eigenvalue weighted by Crippen LogP contribution is -2.45. The molecule has 1 heterocycles. The van der Waals surface area contributed by atoms with Gasteiger partial charge in [0.05, 0.1) is 43.1 Å². The average Bonchev–Trinajstić information content (AvgIpc) is 3.35. The maximum Gasteiger partial charge on any atom is 0.415 e. The van der Waals surface area contributed by atoms with Crippen LogP contribution in [0.5, 0.6) is 11.5 Å². The smallest absolute Gasteiger partial charge is 0.415 e. The number of rotatable bonds is 7. The zero-order valence-electron chi connectivity index (χ0n) is 20.8. The molecule has 9 heteroatoms. The molecule has 0 radical (unpaired) electrons. The highest BCUT2D eigenvalue weighted by Crippen LogP contribution is 2.29. The molecule has 1 aliphatic rings. The molecule has 1 aliphatic heterocycles. The zero-order valence-corrected chi connectivity index (χ0v) is 20.8. The van der Waals surface area contributed by atoms with E-state index < -0.39 is 17.6 Å². The molecule has 0 unspecified atom stereocenters. The highest BCUT2D eigenvalue weighted by molar-refractivity contribution is 6.04. The summed E-state index contributed by atoms with van der Waals surface area (Å²) in [5.74, 6) is 0.729. The van der Waals surface area contributed by atoms with Gasteiger partial charge in [0, 0.05) is 13.1 Å². The first-order valence-electron chi connectivity index (χ1n) is 11.4. The number of anilines is 1. The van der Waals surface area contributed by atoms with Crippen molar-refractivity contribution in [3.8, 4) is 17.6 Å². The number of ether oxygens (including phenoxy) is 3. The van der Waals surface area contributed by atoms with Crippen LogP contribution in [0.3, 0.4) is 0 Å². The molecule has 2 amide bonds. The van der Waals surface area contributed by atoms with Gasteiger partial charge in [-0.15, -0.1) is 0 Å². The van der Waals surface area contributed by atoms with Gasteiger partial charge in [0.1, 0.15) is 5.60 Å². The van der Waals surface area contributed by atoms with Crippen LogP contribution in [0.4, 0.5) is 10.5 Å². The van der Waals surface area contributed by atoms with Gasteiger partial charge in [-0.3, -0.25) is 9.69 Å². The quantitative estimate of drug-likeness (QED) is 0.622. The molecule has 0 saturated carbocycles. The molecule has 0 bridgehead atoms. The lowest BCUT2D eigenvalue weighted by Gasteiger charge is -2.32. The fourth-order valence-corrected chi connectivity index (χ4v) is 3.88. The Bertz CT molecular complexity index is 1110. The van der Waals surface area contributed by atoms with Gasteiger partial charge in [-0.1, -0.05) is 6.07 Å². The number of methoxy groups -OCH3 is 2. The van der Waals surface area contributed by atoms with Gasteiger partial charge in [0.15, 0.2) is 11.5 Å². The molecule has 9 nitrogen and oxygen atoms in total. The Hall–Kier alpha value is -3.77. The van der Waals surface area contributed by atoms with E-state index in [1.54, 1.807) is 59.3 Å². The van der Waals surface area contributed by atoms with Gasteiger partial charge >= 0.3 is 6.09 Å². The predicted molar refractivity (Wildman–Crippen MR) is 132 cm³/mol. The first-order chi connectivity index (χ1) is 16.7. The lowest BCUT2D eigenvalue weighted by atomic mass is 10.0. The third kappa shape index (κ3) is 6.43. The molecular weight excluding hydrogens is 448 g/mol. The fraction of sp³-hybridized carbons (Fsp3) is 0.423. The number of benzene rings is 2. The first-order valence-corrected chi connectivity index (χ1v) is 11.4. The van der Waals surface area contributed by atoms with E-state index in [1.165, 1.54) is 11.0 Å². The van der Waals surface area contributed by atoms with E-state index in [1.807, 2.05) is 6.07 Å². The van der Waals surface area contributed by atoms with Crippen molar-refractivity contribution >= 4 is 17.7 Å². The SMILES string of the molecule is COc1ccc(CNC(=O)c2cc(C#N)ccc2N(C(=O)OC(C)(C)C)[C@H]2CCNC2)cc1OC. The van der Waals surface area contributed by atoms with Gasteiger partial charge in [-0.2, -0.15) is 5.26 Å². The number of nitrogens with one attached hydrogen (secondary N) is 2. The summed E-state index contributed by atoms with van der Waals surface area (Å²) in [7, 11) is 3.10. The monoisotopic (exact) mass is 480 g/mol. The van der Waals surface area contributed by atoms with Crippen LogP contribution < -0.4 is 25.0 Å². The van der Waals surface area contributed by atoms with Crippen molar-refractivity contribution in [2.24, 2.45) is 0 Å². The molecule has 1 saturated heterocycles. The number of carbonyl (C=O) groups is 2. The Morgan fingerprint density at radius 2 is 1.89 bits per heavy atom. The summed E-state index contributed by atoms with van der Waals surface area (Å²) in [5, 5.41) is 15.6. The normalized spacial score (nSPS) is 15.1. The Labute approximate surface area is 206 Å². The minimum Gasteiger partial charge on any atom is -0.493 e. The van der Waals surface area contributed by atoms with Crippen LogP contribution >= 0.6 is 0 Å². The standard InChI is InChI=1S/C26H32N4O5/c1-26(2,3)35-25(32)30(19-10-11-28-16-19)21-8-6-17(14-27)12-20(21)24(31)29-15-18-7-9-22(33-4)23(13-18)34-5/h6-9,12-13,19,28H,10-11,15-16H2,1-5H3,(H,29,31)/t19-/m0/s1. The third-order valence-corrected chi connectivity index (χ3v) is 5.52. The molecule has 1 fully saturated rings. The molecule has 2 aromatic rings. The summed E-state index contributed by atoms with van der Waals surface area (Å²) in [5.41, 5.74) is 1.04. The van der Waals surface area contributed by atoms with Crippen molar-refractivity contribution in [1.82, 2.24) is 10.6 Å². The molecule has 186 valence electrons. The van der Waals surface area contributed by atoms with Crippen LogP contribution in [-0.4, -0.2) is 51.0 Å². The molecule has 1 atom stereocenters. The van der Waals surface area contributed by atoms with Crippen LogP contribution in [0.25, 0.3) is 0 Å². The highest BCUT2D eigenvalue weighted by Gasteiger charge is 2.34. The molecule has 2 N–H and O–H groups in total. The van der Waals surface area contributed by atoms with Crippen LogP contribution in [0, 0.1) is 11.3 Å². The van der Waals surface area contributed by atoms with Crippen molar-refractivity contribution < 1.29 is 23.8 Å². The Kier molecular flexibility index (Phi) is 8.20. The molecule has 0 spiro atoms. The maximum atomic E-state index is 13.3. The third-order valence-electron chi connectivity index (χ3n) is 5.52. The molecule has 0 aromatic heterocycles. The number of nitrogens with zero attached hydrogens (tertiary/aromatic N) is 2. The van der Waals surface area contributed by atoms with Crippen molar-refractivity contribution in [2.45, 2.75) is 45.4 Å². The van der Waals surface area contributed by atoms with Crippen molar-refractivity contribution in [1.29, 1.82) is 5.26 Å². The first kappa shape index (κ1) is 25.8. The summed E-state index contributed by atoms with van der Waals surface area (Å²) in [6, 6.07) is 12.0. The van der Waals surface area contributed by atoms with E-state index in [-0.39, 0.29) is 18.2 Å². The van der Waals surface area contributed by atoms with E-state index in [4.69, 9.17) is 14.2 Å². The Balaban J connectivity index is 1.93. The molecule has 0 aliphatic carbocycles. The number of hydrogen-bond donors (Lipinski definition) is 2. The molecule has 3 rings (SSSR count). The predicted octanol–water partition coefficient (Wildman–Crippen LogP) is 3.61. The fourth-order valence-electron chi connectivity index (χ4n) is 3.88. The minimum atomic E-state index is -0.705. The van der Waals surface area contributed by atoms with Crippen LogP contribution in [-0.2, 0) is 11.3 Å². The van der Waals surface area contributed by atoms with Crippen molar-refractivity contribution in [3.63, 3.8) is 0 Å². The highest BCUT2D eigenvalue weighted by atomic mass is 16.6. The van der Waals surface area contributed by atoms with Crippen molar-refractivity contribution in [3.05, 3.63) is 53.1 Å². The number of hydrogen-bond acceptors (Lipinski definition) is 7. The van der Waals surface area contributed by atoms with Crippen LogP contribution in [0.2, 0.25) is 0 Å². The number of nitriles is 1. The maximum absolute atomic E-state index is 13.3. The summed E-state index contributed by atoms with van der Waals surface area (Å²) in [4.78, 5) is 28.1. The minimum absolute atomic E-state index is 0.185. The summed E-state index contributed by atoms with van der Waals surface area (Å²) in [6.07, 6.45) is 0.177. The molecular formula is C26H32N4O5. The van der Waals surface area contributed by atoms with Gasteiger partial charge in [-0.25, -0.2) is 4.79 Å². The van der Waals surface area contributed by atoms with E-state index in [0.717, 1.165) is 12.1 Å². The van der Waals surface area contributed by atoms with E-state index in [0.29, 0.717) is 35.7 Å². The summed E-state index contributed by atoms with van der Waals surface area (Å²) in [6.45, 7) is 6.93. The topological polar surface area (TPSA) is 113 Å². The Morgan fingerprint density at radius 3 is 2.49 bits per heavy atom. The number of carbonyl (C=O) groups excluding carboxylic acids is 2. The van der Waals surface area contributed by atoms with Crippen LogP contribution in [0.15, 0.2) is 36.4 Å². The number of amides is 2. The average molecular weight is 481 g/mol. The van der Waals surface area contributed by atoms with Gasteiger partial charge in [0.2, 0.25) is 0 Å². The molecule has 2 aromatic carbocycles. The Morgan fingerprint density at radius 1 is 1.14 bits per heavy atom. The van der Waals surface area contributed by atoms with E-state index in [9.17, 15) is 14.9 Å². The van der Waals surface area contributed by atoms with Gasteiger partial charge < -0.3 is 24.8 Å². The van der Waals surface area contributed by atoms with E-state index >= 15 is 0 Å². The lowest BCUT2D eigenvalue weighted by molar-refractivity contribution is 0.0567. The summed E-state index contributed by atoms with van der Waals surface area (Å²) < 4.78 is 16.3. The second-order valence-electron chi connectivity index (χ2n) is 9.21. The largest absolute Gasteiger partial charge is 0.493 e. The van der Waals surface area contributed by atoms with Crippen molar-refractivity contribution in [2.75, 3.05) is 32.2 Å². The second kappa shape index (κ2) is 11.1. The zero-order chi connectivity index (χ0) is 25.6.